The minimum atomic E-state index is -2.19. The number of piperidine rings is 1. The van der Waals surface area contributed by atoms with E-state index < -0.39 is 35.8 Å². The van der Waals surface area contributed by atoms with Crippen molar-refractivity contribution in [2.45, 2.75) is 32.2 Å². The van der Waals surface area contributed by atoms with Crippen LogP contribution in [-0.2, 0) is 48.2 Å². The minimum absolute atomic E-state index is 0.195. The molecule has 1 fully saturated rings. The maximum Gasteiger partial charge on any atom is 0.123 e. The first kappa shape index (κ1) is 39.9. The highest BCUT2D eigenvalue weighted by Crippen LogP contribution is 2.25. The van der Waals surface area contributed by atoms with Crippen LogP contribution in [0, 0.1) is 11.7 Å². The van der Waals surface area contributed by atoms with Crippen molar-refractivity contribution in [1.29, 1.82) is 0 Å². The molecule has 4 aromatic rings. The maximum absolute atomic E-state index is 13.4. The first-order chi connectivity index (χ1) is 23.7. The fourth-order valence-electron chi connectivity index (χ4n) is 4.72. The lowest BCUT2D eigenvalue weighted by Gasteiger charge is -2.31. The van der Waals surface area contributed by atoms with Crippen LogP contribution in [0.5, 0.6) is 0 Å². The second-order valence-electron chi connectivity index (χ2n) is 10.5. The Balaban J connectivity index is 0.000000398. The molecule has 2 aromatic carbocycles. The molecule has 16 nitrogen and oxygen atoms in total. The molecule has 50 heavy (non-hydrogen) atoms. The Morgan fingerprint density at radius 3 is 1.72 bits per heavy atom. The van der Waals surface area contributed by atoms with Gasteiger partial charge in [-0.1, -0.05) is 30.3 Å². The van der Waals surface area contributed by atoms with E-state index in [9.17, 15) is 4.39 Å². The molecule has 0 radical (unpaired) electrons. The van der Waals surface area contributed by atoms with Crippen molar-refractivity contribution < 1.29 is 63.8 Å². The van der Waals surface area contributed by atoms with Crippen molar-refractivity contribution >= 4 is 46.8 Å². The van der Waals surface area contributed by atoms with Crippen molar-refractivity contribution in [1.82, 2.24) is 19.4 Å². The van der Waals surface area contributed by atoms with Gasteiger partial charge in [0.25, 0.3) is 0 Å². The lowest BCUT2D eigenvalue weighted by atomic mass is 9.93. The molecule has 0 aliphatic carbocycles. The number of halogens is 1. The van der Waals surface area contributed by atoms with E-state index in [1.54, 1.807) is 0 Å². The number of imidazole rings is 1. The number of pyridine rings is 1. The maximum atomic E-state index is 13.4. The average molecular weight is 693 g/mol. The molecule has 0 N–H and O–H groups in total. The molecule has 2 aromatic heterocycles. The molecule has 3 heterocycles. The van der Waals surface area contributed by atoms with Gasteiger partial charge in [-0.2, -0.15) is 0 Å². The molecule has 5 rings (SSSR count). The van der Waals surface area contributed by atoms with Gasteiger partial charge in [0.15, 0.2) is 0 Å². The molecule has 0 saturated carbocycles. The summed E-state index contributed by atoms with van der Waals surface area (Å²) < 4.78 is 15.7. The molecule has 17 heteroatoms. The quantitative estimate of drug-likeness (QED) is 0.163. The van der Waals surface area contributed by atoms with Crippen molar-refractivity contribution in [3.05, 3.63) is 95.8 Å². The fourth-order valence-corrected chi connectivity index (χ4v) is 4.72. The Kier molecular flexibility index (Phi) is 16.1. The first-order valence-electron chi connectivity index (χ1n) is 14.8. The van der Waals surface area contributed by atoms with Gasteiger partial charge in [0.1, 0.15) is 11.6 Å². The van der Waals surface area contributed by atoms with E-state index in [4.69, 9.17) is 64.4 Å². The van der Waals surface area contributed by atoms with Gasteiger partial charge in [-0.3, -0.25) is 4.98 Å². The largest absolute Gasteiger partial charge is 0.543 e. The van der Waals surface area contributed by atoms with Gasteiger partial charge in [-0.05, 0) is 73.8 Å². The Morgan fingerprint density at radius 1 is 0.700 bits per heavy atom. The number of carbonyl (C=O) groups excluding carboxylic acids is 6. The van der Waals surface area contributed by atoms with Gasteiger partial charge < -0.3 is 68.9 Å². The fraction of sp³-hybridized carbons (Fsp3) is 0.273. The first-order valence-corrected chi connectivity index (χ1v) is 14.8. The third-order valence-electron chi connectivity index (χ3n) is 7.08. The summed E-state index contributed by atoms with van der Waals surface area (Å²) in [6.07, 6.45) is 6.27. The van der Waals surface area contributed by atoms with Crippen LogP contribution in [-0.4, -0.2) is 74.9 Å². The highest BCUT2D eigenvalue weighted by Gasteiger charge is 2.22. The number of fused-ring (bicyclic) bond motifs is 1. The highest BCUT2D eigenvalue weighted by molar-refractivity contribution is 6.25. The zero-order chi connectivity index (χ0) is 37.2. The number of aromatic nitrogens is 3. The average Bonchev–Trinajstić information content (AvgIpc) is 3.43. The number of carboxylic acids is 6. The van der Waals surface area contributed by atoms with Crippen LogP contribution >= 0.6 is 0 Å². The number of benzene rings is 2. The molecule has 0 atom stereocenters. The van der Waals surface area contributed by atoms with E-state index in [2.05, 4.69) is 44.8 Å². The van der Waals surface area contributed by atoms with Crippen molar-refractivity contribution in [2.24, 2.45) is 5.92 Å². The van der Waals surface area contributed by atoms with E-state index >= 15 is 0 Å². The normalized spacial score (nSPS) is 12.5. The van der Waals surface area contributed by atoms with Crippen LogP contribution in [0.25, 0.3) is 11.0 Å². The van der Waals surface area contributed by atoms with Gasteiger partial charge in [0.2, 0.25) is 0 Å². The number of nitrogens with zero attached hydrogens (tertiary/aromatic N) is 4. The zero-order valence-electron chi connectivity index (χ0n) is 26.2. The summed E-state index contributed by atoms with van der Waals surface area (Å²) in [6, 6.07) is 21.3. The van der Waals surface area contributed by atoms with Crippen molar-refractivity contribution in [2.75, 3.05) is 19.6 Å². The lowest BCUT2D eigenvalue weighted by molar-refractivity contribution is -0.345. The van der Waals surface area contributed by atoms with Gasteiger partial charge >= 0.3 is 0 Å². The SMILES string of the molecule is Fc1ccc(Cn2c(CC3CCN(CCc4ccccn4)CC3)nc3ccccc32)cc1.O=C([O-])C(=O)[O-].O=C([O-])C(=O)[O-].O=C([O-])C(=O)[O-]. The van der Waals surface area contributed by atoms with Crippen molar-refractivity contribution in [3.63, 3.8) is 0 Å². The molecule has 1 aliphatic rings. The third-order valence-corrected chi connectivity index (χ3v) is 7.08. The van der Waals surface area contributed by atoms with Gasteiger partial charge in [-0.15, -0.1) is 0 Å². The van der Waals surface area contributed by atoms with Gasteiger partial charge in [0, 0.05) is 37.8 Å². The number of hydrogen-bond acceptors (Lipinski definition) is 15. The molecule has 266 valence electrons. The van der Waals surface area contributed by atoms with Crippen LogP contribution in [0.2, 0.25) is 0 Å². The minimum Gasteiger partial charge on any atom is -0.543 e. The standard InChI is InChI=1S/C27H29FN4.3C2H2O4/c28-23-10-8-22(9-11-23)20-32-26-7-2-1-6-25(26)30-27(32)19-21-12-16-31(17-13-21)18-14-24-5-3-4-15-29-24;3*3-1(4)2(5)6/h1-11,15,21H,12-14,16-20H2;3*(H,3,4)(H,5,6)/p-6. The second kappa shape index (κ2) is 20.2. The number of carboxylic acid groups (broad SMARTS) is 6. The monoisotopic (exact) mass is 692 g/mol. The topological polar surface area (TPSA) is 275 Å². The predicted molar refractivity (Wildman–Crippen MR) is 156 cm³/mol. The summed E-state index contributed by atoms with van der Waals surface area (Å²) in [7, 11) is 0. The van der Waals surface area contributed by atoms with Crippen LogP contribution in [0.3, 0.4) is 0 Å². The summed E-state index contributed by atoms with van der Waals surface area (Å²) in [5, 5.41) is 53.6. The third kappa shape index (κ3) is 14.3. The summed E-state index contributed by atoms with van der Waals surface area (Å²) in [4.78, 5) is 65.5. The number of carbonyl (C=O) groups is 6. The number of para-hydroxylation sites is 2. The predicted octanol–water partition coefficient (Wildman–Crippen LogP) is -5.43. The number of aliphatic carboxylic acids is 6. The summed E-state index contributed by atoms with van der Waals surface area (Å²) >= 11 is 0. The molecular weight excluding hydrogens is 663 g/mol. The summed E-state index contributed by atoms with van der Waals surface area (Å²) in [6.45, 7) is 4.07. The van der Waals surface area contributed by atoms with Gasteiger partial charge in [-0.25, -0.2) is 9.37 Å². The van der Waals surface area contributed by atoms with Crippen LogP contribution in [0.4, 0.5) is 4.39 Å². The zero-order valence-corrected chi connectivity index (χ0v) is 26.2. The Morgan fingerprint density at radius 2 is 1.22 bits per heavy atom. The molecule has 0 bridgehead atoms. The Labute approximate surface area is 283 Å². The van der Waals surface area contributed by atoms with Crippen LogP contribution in [0.15, 0.2) is 72.9 Å². The van der Waals surface area contributed by atoms with E-state index in [1.807, 2.05) is 30.5 Å². The number of hydrogen-bond donors (Lipinski definition) is 0. The Hall–Kier alpha value is -6.23. The van der Waals surface area contributed by atoms with E-state index in [0.717, 1.165) is 61.4 Å². The van der Waals surface area contributed by atoms with Gasteiger partial charge in [0.05, 0.1) is 46.8 Å². The second-order valence-corrected chi connectivity index (χ2v) is 10.5. The highest BCUT2D eigenvalue weighted by atomic mass is 19.1. The smallest absolute Gasteiger partial charge is 0.123 e. The van der Waals surface area contributed by atoms with E-state index in [1.165, 1.54) is 30.7 Å². The molecule has 0 unspecified atom stereocenters. The number of rotatable bonds is 7. The lowest BCUT2D eigenvalue weighted by Crippen LogP contribution is -2.42. The Bertz CT molecular complexity index is 1660. The van der Waals surface area contributed by atoms with Crippen molar-refractivity contribution in [3.8, 4) is 0 Å². The van der Waals surface area contributed by atoms with Crippen LogP contribution in [0.1, 0.15) is 29.9 Å². The molecule has 0 amide bonds. The molecule has 1 aliphatic heterocycles. The van der Waals surface area contributed by atoms with E-state index in [0.29, 0.717) is 5.92 Å². The molecule has 1 saturated heterocycles. The summed E-state index contributed by atoms with van der Waals surface area (Å²) in [5.41, 5.74) is 4.46. The van der Waals surface area contributed by atoms with E-state index in [-0.39, 0.29) is 5.82 Å². The molecular formula is C33H29FN4O12-6. The summed E-state index contributed by atoms with van der Waals surface area (Å²) in [5.74, 6) is -11.5. The van der Waals surface area contributed by atoms with Crippen LogP contribution < -0.4 is 30.6 Å². The number of likely N-dealkylation sites (tertiary alicyclic amines) is 1. The molecule has 0 spiro atoms.